The molecule has 6 heteroatoms. The van der Waals surface area contributed by atoms with Crippen molar-refractivity contribution < 1.29 is 8.42 Å². The van der Waals surface area contributed by atoms with Gasteiger partial charge in [0.1, 0.15) is 12.1 Å². The standard InChI is InChI=1S/C13H15N3O2S/c1-9-10(2)14-8-15-13(9)16-11-4-6-12(7-5-11)19(3,17)18/h4-8H,1-3H3,(H,14,15,16). The van der Waals surface area contributed by atoms with Gasteiger partial charge >= 0.3 is 0 Å². The fraction of sp³-hybridized carbons (Fsp3) is 0.231. The Hall–Kier alpha value is -1.95. The molecule has 1 N–H and O–H groups in total. The van der Waals surface area contributed by atoms with Gasteiger partial charge in [-0.2, -0.15) is 0 Å². The summed E-state index contributed by atoms with van der Waals surface area (Å²) in [5.41, 5.74) is 2.66. The van der Waals surface area contributed by atoms with Crippen LogP contribution >= 0.6 is 0 Å². The highest BCUT2D eigenvalue weighted by molar-refractivity contribution is 7.90. The number of benzene rings is 1. The van der Waals surface area contributed by atoms with E-state index in [2.05, 4.69) is 15.3 Å². The van der Waals surface area contributed by atoms with Crippen LogP contribution in [0.1, 0.15) is 11.3 Å². The molecule has 0 saturated heterocycles. The van der Waals surface area contributed by atoms with Gasteiger partial charge in [0.25, 0.3) is 0 Å². The summed E-state index contributed by atoms with van der Waals surface area (Å²) in [5.74, 6) is 0.722. The molecule has 0 aliphatic carbocycles. The van der Waals surface area contributed by atoms with Crippen molar-refractivity contribution in [1.29, 1.82) is 0 Å². The monoisotopic (exact) mass is 277 g/mol. The number of sulfone groups is 1. The summed E-state index contributed by atoms with van der Waals surface area (Å²) >= 11 is 0. The largest absolute Gasteiger partial charge is 0.340 e. The van der Waals surface area contributed by atoms with Crippen molar-refractivity contribution in [2.75, 3.05) is 11.6 Å². The number of hydrogen-bond donors (Lipinski definition) is 1. The van der Waals surface area contributed by atoms with Crippen LogP contribution in [0.5, 0.6) is 0 Å². The third-order valence-corrected chi connectivity index (χ3v) is 4.01. The van der Waals surface area contributed by atoms with Crippen LogP contribution in [0, 0.1) is 13.8 Å². The Kier molecular flexibility index (Phi) is 3.53. The quantitative estimate of drug-likeness (QED) is 0.931. The molecule has 0 atom stereocenters. The lowest BCUT2D eigenvalue weighted by atomic mass is 10.2. The molecule has 5 nitrogen and oxygen atoms in total. The molecule has 0 unspecified atom stereocenters. The van der Waals surface area contributed by atoms with E-state index in [-0.39, 0.29) is 0 Å². The van der Waals surface area contributed by atoms with Gasteiger partial charge in [-0.15, -0.1) is 0 Å². The van der Waals surface area contributed by atoms with Crippen molar-refractivity contribution in [2.24, 2.45) is 0 Å². The minimum Gasteiger partial charge on any atom is -0.340 e. The molecule has 1 aromatic heterocycles. The molecule has 0 amide bonds. The van der Waals surface area contributed by atoms with E-state index in [1.54, 1.807) is 24.3 Å². The summed E-state index contributed by atoms with van der Waals surface area (Å²) in [4.78, 5) is 8.56. The Balaban J connectivity index is 2.27. The van der Waals surface area contributed by atoms with Gasteiger partial charge in [-0.25, -0.2) is 18.4 Å². The number of rotatable bonds is 3. The van der Waals surface area contributed by atoms with Crippen molar-refractivity contribution in [3.63, 3.8) is 0 Å². The van der Waals surface area contributed by atoms with E-state index in [4.69, 9.17) is 0 Å². The average molecular weight is 277 g/mol. The van der Waals surface area contributed by atoms with Crippen LogP contribution in [0.25, 0.3) is 0 Å². The van der Waals surface area contributed by atoms with Gasteiger partial charge in [0, 0.05) is 23.2 Å². The molecule has 2 aromatic rings. The van der Waals surface area contributed by atoms with E-state index >= 15 is 0 Å². The molecule has 19 heavy (non-hydrogen) atoms. The molecule has 1 heterocycles. The summed E-state index contributed by atoms with van der Waals surface area (Å²) < 4.78 is 22.7. The van der Waals surface area contributed by atoms with Crippen molar-refractivity contribution in [3.05, 3.63) is 41.9 Å². The number of hydrogen-bond acceptors (Lipinski definition) is 5. The Morgan fingerprint density at radius 2 is 1.68 bits per heavy atom. The van der Waals surface area contributed by atoms with Gasteiger partial charge < -0.3 is 5.32 Å². The smallest absolute Gasteiger partial charge is 0.175 e. The van der Waals surface area contributed by atoms with Crippen molar-refractivity contribution in [3.8, 4) is 0 Å². The van der Waals surface area contributed by atoms with Crippen LogP contribution < -0.4 is 5.32 Å². The van der Waals surface area contributed by atoms with Crippen molar-refractivity contribution in [1.82, 2.24) is 9.97 Å². The van der Waals surface area contributed by atoms with Crippen LogP contribution in [-0.2, 0) is 9.84 Å². The van der Waals surface area contributed by atoms with E-state index in [1.807, 2.05) is 13.8 Å². The molecule has 1 aromatic carbocycles. The Labute approximate surface area is 112 Å². The number of aromatic nitrogens is 2. The molecule has 100 valence electrons. The lowest BCUT2D eigenvalue weighted by Gasteiger charge is -2.09. The Bertz CT molecular complexity index is 694. The zero-order valence-corrected chi connectivity index (χ0v) is 11.8. The fourth-order valence-electron chi connectivity index (χ4n) is 1.59. The second-order valence-electron chi connectivity index (χ2n) is 4.35. The molecule has 0 aliphatic rings. The van der Waals surface area contributed by atoms with Crippen LogP contribution in [0.15, 0.2) is 35.5 Å². The first-order valence-corrected chi connectivity index (χ1v) is 7.62. The lowest BCUT2D eigenvalue weighted by Crippen LogP contribution is -2.01. The Morgan fingerprint density at radius 1 is 1.05 bits per heavy atom. The topological polar surface area (TPSA) is 72.0 Å². The summed E-state index contributed by atoms with van der Waals surface area (Å²) in [5, 5.41) is 3.15. The first-order chi connectivity index (χ1) is 8.88. The van der Waals surface area contributed by atoms with Gasteiger partial charge in [-0.05, 0) is 38.1 Å². The maximum atomic E-state index is 11.4. The zero-order valence-electron chi connectivity index (χ0n) is 11.0. The highest BCUT2D eigenvalue weighted by atomic mass is 32.2. The van der Waals surface area contributed by atoms with Gasteiger partial charge in [-0.3, -0.25) is 0 Å². The minimum absolute atomic E-state index is 0.300. The molecule has 0 bridgehead atoms. The van der Waals surface area contributed by atoms with E-state index in [0.717, 1.165) is 22.8 Å². The second kappa shape index (κ2) is 4.97. The summed E-state index contributed by atoms with van der Waals surface area (Å²) in [7, 11) is -3.16. The van der Waals surface area contributed by atoms with E-state index in [0.29, 0.717) is 4.90 Å². The summed E-state index contributed by atoms with van der Waals surface area (Å²) in [6.45, 7) is 3.84. The van der Waals surface area contributed by atoms with Crippen LogP contribution in [-0.4, -0.2) is 24.6 Å². The first kappa shape index (κ1) is 13.5. The van der Waals surface area contributed by atoms with E-state index < -0.39 is 9.84 Å². The van der Waals surface area contributed by atoms with Crippen LogP contribution in [0.4, 0.5) is 11.5 Å². The van der Waals surface area contributed by atoms with Crippen molar-refractivity contribution >= 4 is 21.3 Å². The average Bonchev–Trinajstić information content (AvgIpc) is 2.35. The molecule has 0 spiro atoms. The van der Waals surface area contributed by atoms with Gasteiger partial charge in [0.05, 0.1) is 4.90 Å². The van der Waals surface area contributed by atoms with Crippen LogP contribution in [0.3, 0.4) is 0 Å². The fourth-order valence-corrected chi connectivity index (χ4v) is 2.22. The minimum atomic E-state index is -3.16. The second-order valence-corrected chi connectivity index (χ2v) is 6.37. The molecular formula is C13H15N3O2S. The molecule has 0 aliphatic heterocycles. The summed E-state index contributed by atoms with van der Waals surface area (Å²) in [6.07, 6.45) is 2.68. The SMILES string of the molecule is Cc1ncnc(Nc2ccc(S(C)(=O)=O)cc2)c1C. The highest BCUT2D eigenvalue weighted by Gasteiger charge is 2.07. The predicted molar refractivity (Wildman–Crippen MR) is 74.3 cm³/mol. The van der Waals surface area contributed by atoms with E-state index in [1.165, 1.54) is 12.6 Å². The molecule has 0 fully saturated rings. The van der Waals surface area contributed by atoms with Gasteiger partial charge in [-0.1, -0.05) is 0 Å². The van der Waals surface area contributed by atoms with Crippen LogP contribution in [0.2, 0.25) is 0 Å². The van der Waals surface area contributed by atoms with Gasteiger partial charge in [0.15, 0.2) is 9.84 Å². The van der Waals surface area contributed by atoms with Crippen molar-refractivity contribution in [2.45, 2.75) is 18.7 Å². The molecular weight excluding hydrogens is 262 g/mol. The Morgan fingerprint density at radius 3 is 2.26 bits per heavy atom. The number of nitrogens with one attached hydrogen (secondary N) is 1. The summed E-state index contributed by atoms with van der Waals surface area (Å²) in [6, 6.07) is 6.57. The normalized spacial score (nSPS) is 11.3. The maximum absolute atomic E-state index is 11.4. The predicted octanol–water partition coefficient (Wildman–Crippen LogP) is 2.24. The maximum Gasteiger partial charge on any atom is 0.175 e. The number of anilines is 2. The molecule has 0 saturated carbocycles. The molecule has 0 radical (unpaired) electrons. The number of nitrogens with zero attached hydrogens (tertiary/aromatic N) is 2. The lowest BCUT2D eigenvalue weighted by molar-refractivity contribution is 0.602. The zero-order chi connectivity index (χ0) is 14.0. The van der Waals surface area contributed by atoms with E-state index in [9.17, 15) is 8.42 Å². The highest BCUT2D eigenvalue weighted by Crippen LogP contribution is 2.20. The first-order valence-electron chi connectivity index (χ1n) is 5.73. The third kappa shape index (κ3) is 3.08. The van der Waals surface area contributed by atoms with Gasteiger partial charge in [0.2, 0.25) is 0 Å². The number of aryl methyl sites for hydroxylation is 1. The molecule has 2 rings (SSSR count). The third-order valence-electron chi connectivity index (χ3n) is 2.88.